The second-order valence-electron chi connectivity index (χ2n) is 4.72. The van der Waals surface area contributed by atoms with Crippen molar-refractivity contribution in [1.82, 2.24) is 10.1 Å². The summed E-state index contributed by atoms with van der Waals surface area (Å²) >= 11 is 0. The maximum Gasteiger partial charge on any atom is 0.230 e. The van der Waals surface area contributed by atoms with Crippen LogP contribution in [0, 0.1) is 13.8 Å². The van der Waals surface area contributed by atoms with Crippen LogP contribution in [-0.2, 0) is 0 Å². The third-order valence-corrected chi connectivity index (χ3v) is 3.39. The molecule has 0 fully saturated rings. The fourth-order valence-electron chi connectivity index (χ4n) is 2.33. The Balaban J connectivity index is 2.26. The molecule has 100 valence electrons. The third kappa shape index (κ3) is 1.95. The fraction of sp³-hybridized carbons (Fsp3) is 0.125. The van der Waals surface area contributed by atoms with Crippen molar-refractivity contribution < 1.29 is 4.52 Å². The van der Waals surface area contributed by atoms with E-state index in [1.807, 2.05) is 50.2 Å². The second kappa shape index (κ2) is 4.81. The molecule has 20 heavy (non-hydrogen) atoms. The lowest BCUT2D eigenvalue weighted by Crippen LogP contribution is -1.92. The Labute approximate surface area is 117 Å². The number of rotatable bonds is 2. The van der Waals surface area contributed by atoms with Gasteiger partial charge in [-0.3, -0.25) is 4.98 Å². The van der Waals surface area contributed by atoms with Crippen LogP contribution in [0.3, 0.4) is 0 Å². The zero-order valence-electron chi connectivity index (χ0n) is 11.4. The molecule has 3 rings (SSSR count). The predicted octanol–water partition coefficient (Wildman–Crippen LogP) is 3.60. The molecule has 0 aliphatic rings. The lowest BCUT2D eigenvalue weighted by atomic mass is 9.97. The van der Waals surface area contributed by atoms with Crippen molar-refractivity contribution in [2.24, 2.45) is 0 Å². The molecule has 0 radical (unpaired) electrons. The van der Waals surface area contributed by atoms with Gasteiger partial charge in [-0.2, -0.15) is 0 Å². The molecule has 4 heteroatoms. The Morgan fingerprint density at radius 3 is 2.50 bits per heavy atom. The number of aryl methyl sites for hydroxylation is 2. The molecule has 0 bridgehead atoms. The Bertz CT molecular complexity index is 762. The quantitative estimate of drug-likeness (QED) is 0.768. The Morgan fingerprint density at radius 1 is 1.00 bits per heavy atom. The summed E-state index contributed by atoms with van der Waals surface area (Å²) in [4.78, 5) is 4.30. The first-order valence-corrected chi connectivity index (χ1v) is 6.41. The first kappa shape index (κ1) is 12.4. The van der Waals surface area contributed by atoms with E-state index in [-0.39, 0.29) is 0 Å². The van der Waals surface area contributed by atoms with Crippen molar-refractivity contribution in [3.63, 3.8) is 0 Å². The molecule has 3 aromatic rings. The largest absolute Gasteiger partial charge is 0.367 e. The molecule has 2 N–H and O–H groups in total. The van der Waals surface area contributed by atoms with E-state index in [2.05, 4.69) is 10.1 Å². The minimum atomic E-state index is 0.331. The Hall–Kier alpha value is -2.62. The molecular formula is C16H15N3O. The SMILES string of the molecule is Cc1ccccc1-c1c(-c2cccnc2C)noc1N. The number of nitrogen functional groups attached to an aromatic ring is 1. The summed E-state index contributed by atoms with van der Waals surface area (Å²) in [7, 11) is 0. The van der Waals surface area contributed by atoms with Gasteiger partial charge in [-0.25, -0.2) is 0 Å². The summed E-state index contributed by atoms with van der Waals surface area (Å²) in [5, 5.41) is 4.12. The summed E-state index contributed by atoms with van der Waals surface area (Å²) in [6, 6.07) is 11.9. The van der Waals surface area contributed by atoms with Crippen LogP contribution >= 0.6 is 0 Å². The topological polar surface area (TPSA) is 64.9 Å². The first-order valence-electron chi connectivity index (χ1n) is 6.41. The van der Waals surface area contributed by atoms with E-state index in [0.717, 1.165) is 33.6 Å². The summed E-state index contributed by atoms with van der Waals surface area (Å²) in [5.74, 6) is 0.331. The number of hydrogen-bond donors (Lipinski definition) is 1. The van der Waals surface area contributed by atoms with Crippen molar-refractivity contribution in [1.29, 1.82) is 0 Å². The maximum atomic E-state index is 5.98. The average molecular weight is 265 g/mol. The van der Waals surface area contributed by atoms with Crippen molar-refractivity contribution in [2.45, 2.75) is 13.8 Å². The zero-order valence-corrected chi connectivity index (χ0v) is 11.4. The molecule has 4 nitrogen and oxygen atoms in total. The highest BCUT2D eigenvalue weighted by molar-refractivity contribution is 5.88. The lowest BCUT2D eigenvalue weighted by molar-refractivity contribution is 0.439. The van der Waals surface area contributed by atoms with E-state index in [0.29, 0.717) is 5.88 Å². The average Bonchev–Trinajstić information content (AvgIpc) is 2.82. The lowest BCUT2D eigenvalue weighted by Gasteiger charge is -2.07. The molecular weight excluding hydrogens is 250 g/mol. The van der Waals surface area contributed by atoms with E-state index in [1.54, 1.807) is 6.20 Å². The first-order chi connectivity index (χ1) is 9.68. The van der Waals surface area contributed by atoms with Crippen molar-refractivity contribution in [2.75, 3.05) is 5.73 Å². The number of nitrogens with zero attached hydrogens (tertiary/aromatic N) is 2. The predicted molar refractivity (Wildman–Crippen MR) is 79.1 cm³/mol. The van der Waals surface area contributed by atoms with Crippen molar-refractivity contribution in [3.8, 4) is 22.4 Å². The molecule has 2 aromatic heterocycles. The second-order valence-corrected chi connectivity index (χ2v) is 4.72. The number of benzene rings is 1. The van der Waals surface area contributed by atoms with Gasteiger partial charge in [0, 0.05) is 17.5 Å². The Kier molecular flexibility index (Phi) is 2.99. The summed E-state index contributed by atoms with van der Waals surface area (Å²) < 4.78 is 5.21. The number of pyridine rings is 1. The van der Waals surface area contributed by atoms with Crippen LogP contribution in [0.15, 0.2) is 47.1 Å². The van der Waals surface area contributed by atoms with E-state index in [1.165, 1.54) is 0 Å². The molecule has 0 unspecified atom stereocenters. The van der Waals surface area contributed by atoms with Crippen LogP contribution in [0.1, 0.15) is 11.3 Å². The van der Waals surface area contributed by atoms with Gasteiger partial charge in [0.2, 0.25) is 5.88 Å². The highest BCUT2D eigenvalue weighted by atomic mass is 16.5. The van der Waals surface area contributed by atoms with Gasteiger partial charge in [0.05, 0.1) is 5.56 Å². The van der Waals surface area contributed by atoms with Gasteiger partial charge in [0.15, 0.2) is 0 Å². The molecule has 0 saturated heterocycles. The van der Waals surface area contributed by atoms with Gasteiger partial charge < -0.3 is 10.3 Å². The van der Waals surface area contributed by atoms with Crippen LogP contribution < -0.4 is 5.73 Å². The van der Waals surface area contributed by atoms with Gasteiger partial charge in [0.25, 0.3) is 0 Å². The standard InChI is InChI=1S/C16H15N3O/c1-10-6-3-4-7-12(10)14-15(19-20-16(14)17)13-8-5-9-18-11(13)2/h3-9H,17H2,1-2H3. The molecule has 0 aliphatic carbocycles. The molecule has 2 heterocycles. The Morgan fingerprint density at radius 2 is 1.75 bits per heavy atom. The third-order valence-electron chi connectivity index (χ3n) is 3.39. The summed E-state index contributed by atoms with van der Waals surface area (Å²) in [6.45, 7) is 3.99. The van der Waals surface area contributed by atoms with E-state index in [9.17, 15) is 0 Å². The summed E-state index contributed by atoms with van der Waals surface area (Å²) in [6.07, 6.45) is 1.76. The van der Waals surface area contributed by atoms with Gasteiger partial charge in [-0.1, -0.05) is 29.4 Å². The van der Waals surface area contributed by atoms with Gasteiger partial charge in [-0.05, 0) is 37.1 Å². The highest BCUT2D eigenvalue weighted by Crippen LogP contribution is 2.38. The van der Waals surface area contributed by atoms with E-state index in [4.69, 9.17) is 10.3 Å². The number of nitrogens with two attached hydrogens (primary N) is 1. The van der Waals surface area contributed by atoms with Crippen LogP contribution in [0.25, 0.3) is 22.4 Å². The van der Waals surface area contributed by atoms with Crippen LogP contribution in [0.5, 0.6) is 0 Å². The number of hydrogen-bond acceptors (Lipinski definition) is 4. The minimum absolute atomic E-state index is 0.331. The van der Waals surface area contributed by atoms with E-state index < -0.39 is 0 Å². The molecule has 0 amide bonds. The molecule has 0 spiro atoms. The molecule has 1 aromatic carbocycles. The van der Waals surface area contributed by atoms with Gasteiger partial charge in [-0.15, -0.1) is 0 Å². The van der Waals surface area contributed by atoms with Crippen LogP contribution in [0.2, 0.25) is 0 Å². The van der Waals surface area contributed by atoms with Gasteiger partial charge >= 0.3 is 0 Å². The normalized spacial score (nSPS) is 10.7. The highest BCUT2D eigenvalue weighted by Gasteiger charge is 2.19. The molecule has 0 atom stereocenters. The monoisotopic (exact) mass is 265 g/mol. The van der Waals surface area contributed by atoms with Gasteiger partial charge in [0.1, 0.15) is 5.69 Å². The summed E-state index contributed by atoms with van der Waals surface area (Å²) in [5.41, 5.74) is 11.5. The van der Waals surface area contributed by atoms with Crippen molar-refractivity contribution >= 4 is 5.88 Å². The van der Waals surface area contributed by atoms with E-state index >= 15 is 0 Å². The maximum absolute atomic E-state index is 5.98. The number of aromatic nitrogens is 2. The molecule has 0 aliphatic heterocycles. The van der Waals surface area contributed by atoms with Crippen molar-refractivity contribution in [3.05, 3.63) is 53.9 Å². The van der Waals surface area contributed by atoms with Crippen LogP contribution in [-0.4, -0.2) is 10.1 Å². The minimum Gasteiger partial charge on any atom is -0.367 e. The van der Waals surface area contributed by atoms with Crippen LogP contribution in [0.4, 0.5) is 5.88 Å². The fourth-order valence-corrected chi connectivity index (χ4v) is 2.33. The zero-order chi connectivity index (χ0) is 14.1. The number of anilines is 1. The smallest absolute Gasteiger partial charge is 0.230 e. The molecule has 0 saturated carbocycles.